The Morgan fingerprint density at radius 2 is 1.59 bits per heavy atom. The lowest BCUT2D eigenvalue weighted by atomic mass is 10.1. The van der Waals surface area contributed by atoms with Crippen molar-refractivity contribution >= 4 is 57.7 Å². The van der Waals surface area contributed by atoms with Crippen molar-refractivity contribution in [1.82, 2.24) is 10.3 Å². The fourth-order valence-corrected chi connectivity index (χ4v) is 6.26. The minimum absolute atomic E-state index is 0.0452. The summed E-state index contributed by atoms with van der Waals surface area (Å²) >= 11 is 2.66. The molecular formula is C37H34N4O6S2. The first-order valence-corrected chi connectivity index (χ1v) is 16.8. The fourth-order valence-electron chi connectivity index (χ4n) is 4.61. The topological polar surface area (TPSA) is 128 Å². The maximum atomic E-state index is 13.5. The molecule has 10 nitrogen and oxygen atoms in total. The molecule has 250 valence electrons. The Hall–Kier alpha value is -5.59. The van der Waals surface area contributed by atoms with Gasteiger partial charge in [-0.1, -0.05) is 36.4 Å². The van der Waals surface area contributed by atoms with Gasteiger partial charge in [0.2, 0.25) is 5.91 Å². The second kappa shape index (κ2) is 16.5. The maximum Gasteiger partial charge on any atom is 0.272 e. The van der Waals surface area contributed by atoms with Gasteiger partial charge in [-0.25, -0.2) is 4.98 Å². The molecule has 49 heavy (non-hydrogen) atoms. The number of benzene rings is 4. The Labute approximate surface area is 292 Å². The van der Waals surface area contributed by atoms with E-state index in [9.17, 15) is 14.4 Å². The van der Waals surface area contributed by atoms with Crippen LogP contribution in [0, 0.1) is 0 Å². The smallest absolute Gasteiger partial charge is 0.272 e. The molecule has 1 unspecified atom stereocenters. The summed E-state index contributed by atoms with van der Waals surface area (Å²) in [6, 6.07) is 28.4. The molecule has 1 aromatic heterocycles. The predicted molar refractivity (Wildman–Crippen MR) is 195 cm³/mol. The lowest BCUT2D eigenvalue weighted by Crippen LogP contribution is -2.30. The molecule has 5 rings (SSSR count). The van der Waals surface area contributed by atoms with Gasteiger partial charge in [-0.3, -0.25) is 14.4 Å². The van der Waals surface area contributed by atoms with Gasteiger partial charge >= 0.3 is 0 Å². The molecule has 12 heteroatoms. The molecule has 0 bridgehead atoms. The number of thioether (sulfide) groups is 1. The highest BCUT2D eigenvalue weighted by atomic mass is 32.2. The molecule has 1 atom stereocenters. The van der Waals surface area contributed by atoms with E-state index in [0.29, 0.717) is 44.9 Å². The molecule has 0 aliphatic rings. The van der Waals surface area contributed by atoms with Crippen molar-refractivity contribution in [2.45, 2.75) is 17.1 Å². The summed E-state index contributed by atoms with van der Waals surface area (Å²) in [5, 5.41) is 10.4. The van der Waals surface area contributed by atoms with Crippen LogP contribution in [0.1, 0.15) is 22.8 Å². The molecular weight excluding hydrogens is 661 g/mol. The highest BCUT2D eigenvalue weighted by Crippen LogP contribution is 2.34. The summed E-state index contributed by atoms with van der Waals surface area (Å²) in [7, 11) is 4.70. The van der Waals surface area contributed by atoms with E-state index in [1.165, 1.54) is 23.1 Å². The molecule has 4 aromatic carbocycles. The van der Waals surface area contributed by atoms with Crippen molar-refractivity contribution in [2.24, 2.45) is 0 Å². The predicted octanol–water partition coefficient (Wildman–Crippen LogP) is 7.36. The van der Waals surface area contributed by atoms with Gasteiger partial charge in [0.05, 0.1) is 32.3 Å². The normalized spacial score (nSPS) is 11.6. The first kappa shape index (κ1) is 34.7. The van der Waals surface area contributed by atoms with Crippen LogP contribution < -0.4 is 30.2 Å². The van der Waals surface area contributed by atoms with Crippen LogP contribution >= 0.6 is 23.1 Å². The number of aromatic nitrogens is 1. The van der Waals surface area contributed by atoms with Gasteiger partial charge in [-0.05, 0) is 79.2 Å². The minimum Gasteiger partial charge on any atom is -0.497 e. The average Bonchev–Trinajstić information content (AvgIpc) is 3.59. The molecule has 0 spiro atoms. The Kier molecular flexibility index (Phi) is 11.7. The first-order valence-electron chi connectivity index (χ1n) is 15.0. The maximum absolute atomic E-state index is 13.5. The van der Waals surface area contributed by atoms with Crippen molar-refractivity contribution in [3.63, 3.8) is 0 Å². The molecule has 0 radical (unpaired) electrons. The Morgan fingerprint density at radius 3 is 2.35 bits per heavy atom. The van der Waals surface area contributed by atoms with Crippen LogP contribution in [0.3, 0.4) is 0 Å². The number of carbonyl (C=O) groups excluding carboxylic acids is 3. The quantitative estimate of drug-likeness (QED) is 0.0862. The summed E-state index contributed by atoms with van der Waals surface area (Å²) in [6.45, 7) is 1.79. The zero-order valence-corrected chi connectivity index (χ0v) is 28.8. The van der Waals surface area contributed by atoms with Crippen molar-refractivity contribution in [3.05, 3.63) is 119 Å². The number of thiazole rings is 1. The summed E-state index contributed by atoms with van der Waals surface area (Å²) in [5.74, 6) is 0.644. The van der Waals surface area contributed by atoms with E-state index >= 15 is 0 Å². The standard InChI is InChI=1S/C37H34N4O6S2/c1-23(34(42)41-37-40-31(22-48-37)26-16-17-32(46-3)33(20-26)47-4)49-29-15-9-13-27(21-29)38-36(44)30(19-24-10-8-14-28(18-24)45-2)39-35(43)25-11-6-5-7-12-25/h5-23H,1-4H3,(H,38,44)(H,39,43)(H,40,41,42)/b30-19-. The van der Waals surface area contributed by atoms with Crippen LogP contribution in [0.4, 0.5) is 10.8 Å². The number of amides is 3. The molecule has 1 heterocycles. The molecule has 3 amide bonds. The molecule has 0 saturated heterocycles. The van der Waals surface area contributed by atoms with Crippen LogP contribution in [-0.2, 0) is 9.59 Å². The summed E-state index contributed by atoms with van der Waals surface area (Å²) < 4.78 is 16.0. The van der Waals surface area contributed by atoms with Crippen molar-refractivity contribution in [2.75, 3.05) is 32.0 Å². The average molecular weight is 695 g/mol. The lowest BCUT2D eigenvalue weighted by Gasteiger charge is -2.14. The SMILES string of the molecule is COc1cccc(/C=C(\NC(=O)c2ccccc2)C(=O)Nc2cccc(SC(C)C(=O)Nc3nc(-c4ccc(OC)c(OC)c4)cs3)c2)c1. The number of carbonyl (C=O) groups is 3. The monoisotopic (exact) mass is 694 g/mol. The van der Waals surface area contributed by atoms with Crippen molar-refractivity contribution in [1.29, 1.82) is 0 Å². The van der Waals surface area contributed by atoms with E-state index in [-0.39, 0.29) is 11.6 Å². The molecule has 5 aromatic rings. The summed E-state index contributed by atoms with van der Waals surface area (Å²) in [4.78, 5) is 45.0. The van der Waals surface area contributed by atoms with Crippen LogP contribution in [0.2, 0.25) is 0 Å². The number of nitrogens with zero attached hydrogens (tertiary/aromatic N) is 1. The Bertz CT molecular complexity index is 1980. The highest BCUT2D eigenvalue weighted by Gasteiger charge is 2.19. The number of rotatable bonds is 13. The molecule has 0 aliphatic carbocycles. The van der Waals surface area contributed by atoms with E-state index in [2.05, 4.69) is 20.9 Å². The van der Waals surface area contributed by atoms with Crippen molar-refractivity contribution in [3.8, 4) is 28.5 Å². The van der Waals surface area contributed by atoms with E-state index in [4.69, 9.17) is 14.2 Å². The van der Waals surface area contributed by atoms with Gasteiger partial charge in [0, 0.05) is 27.1 Å². The third-order valence-electron chi connectivity index (χ3n) is 7.12. The van der Waals surface area contributed by atoms with E-state index < -0.39 is 17.1 Å². The number of ether oxygens (including phenoxy) is 3. The molecule has 0 saturated carbocycles. The summed E-state index contributed by atoms with van der Waals surface area (Å²) in [6.07, 6.45) is 1.58. The molecule has 0 aliphatic heterocycles. The zero-order valence-electron chi connectivity index (χ0n) is 27.2. The number of hydrogen-bond donors (Lipinski definition) is 3. The fraction of sp³-hybridized carbons (Fsp3) is 0.135. The second-order valence-electron chi connectivity index (χ2n) is 10.5. The van der Waals surface area contributed by atoms with E-state index in [1.54, 1.807) is 107 Å². The van der Waals surface area contributed by atoms with Crippen LogP contribution in [0.5, 0.6) is 17.2 Å². The third kappa shape index (κ3) is 9.28. The third-order valence-corrected chi connectivity index (χ3v) is 8.97. The van der Waals surface area contributed by atoms with Crippen LogP contribution in [0.25, 0.3) is 17.3 Å². The van der Waals surface area contributed by atoms with Gasteiger partial charge in [-0.2, -0.15) is 0 Å². The molecule has 0 fully saturated rings. The van der Waals surface area contributed by atoms with Crippen LogP contribution in [0.15, 0.2) is 113 Å². The lowest BCUT2D eigenvalue weighted by molar-refractivity contribution is -0.115. The van der Waals surface area contributed by atoms with Gasteiger partial charge in [0.25, 0.3) is 11.8 Å². The van der Waals surface area contributed by atoms with E-state index in [1.807, 2.05) is 29.6 Å². The number of methoxy groups -OCH3 is 3. The number of nitrogens with one attached hydrogen (secondary N) is 3. The first-order chi connectivity index (χ1) is 23.8. The molecule has 3 N–H and O–H groups in total. The number of hydrogen-bond acceptors (Lipinski definition) is 9. The van der Waals surface area contributed by atoms with Gasteiger partial charge < -0.3 is 30.2 Å². The van der Waals surface area contributed by atoms with Gasteiger partial charge in [0.15, 0.2) is 16.6 Å². The van der Waals surface area contributed by atoms with Crippen molar-refractivity contribution < 1.29 is 28.6 Å². The summed E-state index contributed by atoms with van der Waals surface area (Å²) in [5.41, 5.74) is 3.14. The minimum atomic E-state index is -0.519. The zero-order chi connectivity index (χ0) is 34.8. The van der Waals surface area contributed by atoms with Gasteiger partial charge in [-0.15, -0.1) is 23.1 Å². The number of anilines is 2. The van der Waals surface area contributed by atoms with Gasteiger partial charge in [0.1, 0.15) is 11.4 Å². The second-order valence-corrected chi connectivity index (χ2v) is 12.8. The Balaban J connectivity index is 1.25. The largest absolute Gasteiger partial charge is 0.497 e. The van der Waals surface area contributed by atoms with Crippen LogP contribution in [-0.4, -0.2) is 49.3 Å². The van der Waals surface area contributed by atoms with E-state index in [0.717, 1.165) is 10.5 Å². The highest BCUT2D eigenvalue weighted by molar-refractivity contribution is 8.00. The Morgan fingerprint density at radius 1 is 0.816 bits per heavy atom.